The number of hydrogen-bond acceptors (Lipinski definition) is 0. The van der Waals surface area contributed by atoms with Crippen molar-refractivity contribution in [2.24, 2.45) is 0 Å². The molecule has 1 heterocycles. The third kappa shape index (κ3) is 5.67. The Kier molecular flexibility index (Phi) is 7.69. The fourth-order valence-electron chi connectivity index (χ4n) is 5.74. The number of rotatable bonds is 9. The molecule has 0 unspecified atom stereocenters. The highest BCUT2D eigenvalue weighted by atomic mass is 15.0. The molecule has 0 radical (unpaired) electrons. The highest BCUT2D eigenvalue weighted by Gasteiger charge is 2.15. The summed E-state index contributed by atoms with van der Waals surface area (Å²) in [6, 6.07) is 40.7. The second-order valence-corrected chi connectivity index (χ2v) is 11.1. The van der Waals surface area contributed by atoms with E-state index in [1.807, 2.05) is 12.2 Å². The maximum atomic E-state index is 3.75. The van der Waals surface area contributed by atoms with E-state index in [0.29, 0.717) is 0 Å². The van der Waals surface area contributed by atoms with E-state index >= 15 is 0 Å². The molecule has 0 bridgehead atoms. The Labute approximate surface area is 244 Å². The van der Waals surface area contributed by atoms with Gasteiger partial charge in [-0.3, -0.25) is 0 Å². The van der Waals surface area contributed by atoms with Crippen LogP contribution in [-0.4, -0.2) is 4.57 Å². The van der Waals surface area contributed by atoms with Gasteiger partial charge in [0, 0.05) is 16.5 Å². The third-order valence-corrected chi connectivity index (χ3v) is 8.09. The first-order chi connectivity index (χ1) is 20.1. The van der Waals surface area contributed by atoms with Gasteiger partial charge in [0.1, 0.15) is 0 Å². The number of fused-ring (bicyclic) bond motifs is 3. The minimum absolute atomic E-state index is 1.10. The van der Waals surface area contributed by atoms with E-state index in [2.05, 4.69) is 140 Å². The first-order valence-corrected chi connectivity index (χ1v) is 14.7. The lowest BCUT2D eigenvalue weighted by Crippen LogP contribution is -1.95. The van der Waals surface area contributed by atoms with Gasteiger partial charge in [-0.1, -0.05) is 121 Å². The van der Waals surface area contributed by atoms with Crippen LogP contribution in [0.3, 0.4) is 0 Å². The van der Waals surface area contributed by atoms with Crippen molar-refractivity contribution in [2.45, 2.75) is 39.5 Å². The van der Waals surface area contributed by atoms with Crippen LogP contribution in [0.5, 0.6) is 0 Å². The molecule has 6 aromatic rings. The average molecular weight is 532 g/mol. The van der Waals surface area contributed by atoms with Gasteiger partial charge >= 0.3 is 0 Å². The number of hydrogen-bond donors (Lipinski definition) is 0. The molecule has 0 saturated carbocycles. The average Bonchev–Trinajstić information content (AvgIpc) is 3.33. The van der Waals surface area contributed by atoms with Crippen LogP contribution in [0.15, 0.2) is 134 Å². The number of aromatic nitrogens is 1. The van der Waals surface area contributed by atoms with Gasteiger partial charge in [-0.25, -0.2) is 0 Å². The number of benzene rings is 5. The molecule has 41 heavy (non-hydrogen) atoms. The molecule has 5 aromatic carbocycles. The van der Waals surface area contributed by atoms with Crippen LogP contribution in [0.4, 0.5) is 0 Å². The van der Waals surface area contributed by atoms with E-state index in [9.17, 15) is 0 Å². The lowest BCUT2D eigenvalue weighted by Gasteiger charge is -2.11. The molecule has 0 atom stereocenters. The molecular formula is C40H37N. The second-order valence-electron chi connectivity index (χ2n) is 11.1. The Bertz CT molecular complexity index is 1730. The predicted molar refractivity (Wildman–Crippen MR) is 178 cm³/mol. The summed E-state index contributed by atoms with van der Waals surface area (Å²) in [4.78, 5) is 0. The van der Waals surface area contributed by atoms with Gasteiger partial charge in [0.15, 0.2) is 0 Å². The largest absolute Gasteiger partial charge is 0.309 e. The topological polar surface area (TPSA) is 4.93 Å². The summed E-state index contributed by atoms with van der Waals surface area (Å²) >= 11 is 0. The predicted octanol–water partition coefficient (Wildman–Crippen LogP) is 11.2. The molecule has 0 fully saturated rings. The molecule has 0 amide bonds. The van der Waals surface area contributed by atoms with E-state index < -0.39 is 0 Å². The molecule has 0 aliphatic rings. The zero-order valence-corrected chi connectivity index (χ0v) is 24.1. The smallest absolute Gasteiger partial charge is 0.0547 e. The highest BCUT2D eigenvalue weighted by Crippen LogP contribution is 2.37. The number of unbranched alkanes of at least 4 members (excludes halogenated alkanes) is 2. The third-order valence-electron chi connectivity index (χ3n) is 8.09. The Balaban J connectivity index is 1.44. The summed E-state index contributed by atoms with van der Waals surface area (Å²) < 4.78 is 2.45. The van der Waals surface area contributed by atoms with Crippen LogP contribution >= 0.6 is 0 Å². The second kappa shape index (κ2) is 11.9. The summed E-state index contributed by atoms with van der Waals surface area (Å²) in [5.41, 5.74) is 12.6. The lowest BCUT2D eigenvalue weighted by atomic mass is 10.0. The fraction of sp³-hybridized carbons (Fsp3) is 0.150. The standard InChI is InChI=1S/C40H37N/c1-4-5-6-7-8-9-10-31-15-23-36(24-16-31)41-39-27-34(32-17-11-29(2)12-18-32)21-25-37(39)38-26-22-35(28-40(38)41)33-19-13-30(3)14-20-33/h4-6,11-28H,1,7-10H2,2-3H3/b6-5+. The van der Waals surface area contributed by atoms with Gasteiger partial charge in [-0.2, -0.15) is 0 Å². The van der Waals surface area contributed by atoms with Gasteiger partial charge < -0.3 is 4.57 Å². The van der Waals surface area contributed by atoms with E-state index in [4.69, 9.17) is 0 Å². The number of allylic oxidation sites excluding steroid dienone is 3. The molecular weight excluding hydrogens is 494 g/mol. The first kappa shape index (κ1) is 26.6. The molecule has 202 valence electrons. The molecule has 0 spiro atoms. The normalized spacial score (nSPS) is 11.6. The van der Waals surface area contributed by atoms with E-state index in [0.717, 1.165) is 12.8 Å². The summed E-state index contributed by atoms with van der Waals surface area (Å²) in [5, 5.41) is 2.56. The van der Waals surface area contributed by atoms with Crippen LogP contribution in [0.2, 0.25) is 0 Å². The Morgan fingerprint density at radius 3 is 1.61 bits per heavy atom. The van der Waals surface area contributed by atoms with Crippen molar-refractivity contribution >= 4 is 21.8 Å². The monoisotopic (exact) mass is 531 g/mol. The molecule has 1 heteroatoms. The van der Waals surface area contributed by atoms with Crippen molar-refractivity contribution in [1.82, 2.24) is 4.57 Å². The molecule has 0 aliphatic heterocycles. The van der Waals surface area contributed by atoms with Crippen LogP contribution in [0.1, 0.15) is 36.0 Å². The Hall–Kier alpha value is -4.62. The van der Waals surface area contributed by atoms with E-state index in [1.54, 1.807) is 0 Å². The summed E-state index contributed by atoms with van der Waals surface area (Å²) in [7, 11) is 0. The Morgan fingerprint density at radius 1 is 0.585 bits per heavy atom. The van der Waals surface area contributed by atoms with Gasteiger partial charge in [0.05, 0.1) is 11.0 Å². The van der Waals surface area contributed by atoms with Crippen LogP contribution in [0.25, 0.3) is 49.7 Å². The van der Waals surface area contributed by atoms with Crippen LogP contribution in [-0.2, 0) is 6.42 Å². The maximum absolute atomic E-state index is 3.75. The molecule has 0 aliphatic carbocycles. The van der Waals surface area contributed by atoms with Crippen molar-refractivity contribution in [3.63, 3.8) is 0 Å². The Morgan fingerprint density at radius 2 is 1.10 bits per heavy atom. The van der Waals surface area contributed by atoms with Gasteiger partial charge in [0.2, 0.25) is 0 Å². The quantitative estimate of drug-likeness (QED) is 0.129. The summed E-state index contributed by atoms with van der Waals surface area (Å²) in [5.74, 6) is 0. The van der Waals surface area contributed by atoms with E-state index in [-0.39, 0.29) is 0 Å². The van der Waals surface area contributed by atoms with E-state index in [1.165, 1.54) is 79.3 Å². The highest BCUT2D eigenvalue weighted by molar-refractivity contribution is 6.11. The molecule has 1 aromatic heterocycles. The zero-order valence-electron chi connectivity index (χ0n) is 24.1. The lowest BCUT2D eigenvalue weighted by molar-refractivity contribution is 0.747. The van der Waals surface area contributed by atoms with Gasteiger partial charge in [0.25, 0.3) is 0 Å². The summed E-state index contributed by atoms with van der Waals surface area (Å²) in [6.07, 6.45) is 10.7. The molecule has 0 N–H and O–H groups in total. The van der Waals surface area contributed by atoms with Crippen LogP contribution < -0.4 is 0 Å². The van der Waals surface area contributed by atoms with Crippen molar-refractivity contribution in [1.29, 1.82) is 0 Å². The SMILES string of the molecule is C=C/C=C/CCCCc1ccc(-n2c3cc(-c4ccc(C)cc4)ccc3c3ccc(-c4ccc(C)cc4)cc32)cc1. The zero-order chi connectivity index (χ0) is 28.2. The number of aryl methyl sites for hydroxylation is 3. The van der Waals surface area contributed by atoms with Crippen molar-refractivity contribution in [3.8, 4) is 27.9 Å². The first-order valence-electron chi connectivity index (χ1n) is 14.7. The molecule has 0 saturated heterocycles. The van der Waals surface area contributed by atoms with Gasteiger partial charge in [-0.05, 0) is 91.6 Å². The molecule has 1 nitrogen and oxygen atoms in total. The molecule has 6 rings (SSSR count). The van der Waals surface area contributed by atoms with Crippen molar-refractivity contribution < 1.29 is 0 Å². The fourth-order valence-corrected chi connectivity index (χ4v) is 5.74. The minimum Gasteiger partial charge on any atom is -0.309 e. The van der Waals surface area contributed by atoms with Gasteiger partial charge in [-0.15, -0.1) is 0 Å². The van der Waals surface area contributed by atoms with Crippen molar-refractivity contribution in [3.05, 3.63) is 151 Å². The maximum Gasteiger partial charge on any atom is 0.0547 e. The summed E-state index contributed by atoms with van der Waals surface area (Å²) in [6.45, 7) is 8.03. The minimum atomic E-state index is 1.10. The van der Waals surface area contributed by atoms with Crippen molar-refractivity contribution in [2.75, 3.05) is 0 Å². The number of nitrogens with zero attached hydrogens (tertiary/aromatic N) is 1. The van der Waals surface area contributed by atoms with Crippen LogP contribution in [0, 0.1) is 13.8 Å².